The van der Waals surface area contributed by atoms with Gasteiger partial charge in [-0.2, -0.15) is 0 Å². The first-order valence-electron chi connectivity index (χ1n) is 4.70. The molecule has 0 fully saturated rings. The van der Waals surface area contributed by atoms with Gasteiger partial charge in [-0.1, -0.05) is 12.2 Å². The monoisotopic (exact) mass is 227 g/mol. The molecule has 0 aliphatic rings. The standard InChI is InChI=1S/C11H14FNOS/c1-7(2)14-6-8-3-9(11(13)15)5-10(12)4-8/h3-5,7H,6H2,1-2H3,(H2,13,15). The summed E-state index contributed by atoms with van der Waals surface area (Å²) in [7, 11) is 0. The number of rotatable bonds is 4. The van der Waals surface area contributed by atoms with Crippen LogP contribution in [0.4, 0.5) is 4.39 Å². The molecule has 0 aliphatic heterocycles. The average molecular weight is 227 g/mol. The molecule has 0 spiro atoms. The van der Waals surface area contributed by atoms with Crippen LogP contribution in [0, 0.1) is 5.82 Å². The van der Waals surface area contributed by atoms with E-state index >= 15 is 0 Å². The van der Waals surface area contributed by atoms with Crippen molar-refractivity contribution in [2.75, 3.05) is 0 Å². The summed E-state index contributed by atoms with van der Waals surface area (Å²) in [5.74, 6) is -0.345. The van der Waals surface area contributed by atoms with Crippen molar-refractivity contribution in [1.29, 1.82) is 0 Å². The van der Waals surface area contributed by atoms with E-state index in [4.69, 9.17) is 22.7 Å². The van der Waals surface area contributed by atoms with Crippen LogP contribution in [0.1, 0.15) is 25.0 Å². The topological polar surface area (TPSA) is 35.2 Å². The molecule has 2 N–H and O–H groups in total. The molecule has 0 saturated carbocycles. The van der Waals surface area contributed by atoms with Crippen molar-refractivity contribution in [2.24, 2.45) is 5.73 Å². The lowest BCUT2D eigenvalue weighted by Gasteiger charge is -2.08. The first-order valence-corrected chi connectivity index (χ1v) is 5.10. The quantitative estimate of drug-likeness (QED) is 0.802. The van der Waals surface area contributed by atoms with Crippen LogP contribution in [0.5, 0.6) is 0 Å². The summed E-state index contributed by atoms with van der Waals surface area (Å²) in [5, 5.41) is 0. The second-order valence-corrected chi connectivity index (χ2v) is 4.01. The molecule has 1 aromatic carbocycles. The van der Waals surface area contributed by atoms with Gasteiger partial charge in [0.25, 0.3) is 0 Å². The van der Waals surface area contributed by atoms with Gasteiger partial charge in [0.05, 0.1) is 12.7 Å². The third kappa shape index (κ3) is 3.93. The molecule has 0 radical (unpaired) electrons. The van der Waals surface area contributed by atoms with E-state index in [-0.39, 0.29) is 16.9 Å². The van der Waals surface area contributed by atoms with Crippen molar-refractivity contribution in [1.82, 2.24) is 0 Å². The molecular weight excluding hydrogens is 213 g/mol. The van der Waals surface area contributed by atoms with Gasteiger partial charge in [-0.25, -0.2) is 4.39 Å². The zero-order chi connectivity index (χ0) is 11.4. The highest BCUT2D eigenvalue weighted by Gasteiger charge is 2.04. The Labute approximate surface area is 94.2 Å². The Morgan fingerprint density at radius 2 is 2.13 bits per heavy atom. The Bertz CT molecular complexity index is 366. The summed E-state index contributed by atoms with van der Waals surface area (Å²) < 4.78 is 18.5. The molecule has 0 bridgehead atoms. The maximum Gasteiger partial charge on any atom is 0.124 e. The Balaban J connectivity index is 2.84. The fraction of sp³-hybridized carbons (Fsp3) is 0.364. The summed E-state index contributed by atoms with van der Waals surface area (Å²) >= 11 is 4.79. The second-order valence-electron chi connectivity index (χ2n) is 3.57. The van der Waals surface area contributed by atoms with Gasteiger partial charge in [-0.15, -0.1) is 0 Å². The van der Waals surface area contributed by atoms with Gasteiger partial charge in [-0.3, -0.25) is 0 Å². The van der Waals surface area contributed by atoms with E-state index in [0.717, 1.165) is 5.56 Å². The van der Waals surface area contributed by atoms with E-state index in [2.05, 4.69) is 0 Å². The molecule has 0 aromatic heterocycles. The van der Waals surface area contributed by atoms with E-state index < -0.39 is 0 Å². The van der Waals surface area contributed by atoms with Crippen LogP contribution in [-0.4, -0.2) is 11.1 Å². The highest BCUT2D eigenvalue weighted by molar-refractivity contribution is 7.80. The Hall–Kier alpha value is -1.00. The maximum atomic E-state index is 13.1. The molecule has 15 heavy (non-hydrogen) atoms. The molecule has 0 aliphatic carbocycles. The van der Waals surface area contributed by atoms with Gasteiger partial charge in [0.2, 0.25) is 0 Å². The lowest BCUT2D eigenvalue weighted by molar-refractivity contribution is 0.0655. The number of ether oxygens (including phenoxy) is 1. The number of halogens is 1. The fourth-order valence-corrected chi connectivity index (χ4v) is 1.26. The molecule has 1 aromatic rings. The molecule has 0 atom stereocenters. The minimum atomic E-state index is -0.345. The Morgan fingerprint density at radius 3 is 2.67 bits per heavy atom. The maximum absolute atomic E-state index is 13.1. The zero-order valence-corrected chi connectivity index (χ0v) is 9.60. The van der Waals surface area contributed by atoms with E-state index in [1.54, 1.807) is 6.07 Å². The summed E-state index contributed by atoms with van der Waals surface area (Å²) in [5.41, 5.74) is 6.71. The minimum Gasteiger partial charge on any atom is -0.389 e. The third-order valence-electron chi connectivity index (χ3n) is 1.83. The molecular formula is C11H14FNOS. The Morgan fingerprint density at radius 1 is 1.47 bits per heavy atom. The first kappa shape index (κ1) is 12.1. The number of hydrogen-bond acceptors (Lipinski definition) is 2. The highest BCUT2D eigenvalue weighted by Crippen LogP contribution is 2.11. The van der Waals surface area contributed by atoms with Gasteiger partial charge in [0, 0.05) is 5.56 Å². The van der Waals surface area contributed by atoms with Gasteiger partial charge >= 0.3 is 0 Å². The lowest BCUT2D eigenvalue weighted by atomic mass is 10.1. The fourth-order valence-electron chi connectivity index (χ4n) is 1.14. The van der Waals surface area contributed by atoms with Gasteiger partial charge < -0.3 is 10.5 Å². The molecule has 4 heteroatoms. The van der Waals surface area contributed by atoms with Crippen molar-refractivity contribution in [3.63, 3.8) is 0 Å². The predicted molar refractivity (Wildman–Crippen MR) is 62.2 cm³/mol. The van der Waals surface area contributed by atoms with Crippen LogP contribution >= 0.6 is 12.2 Å². The molecule has 1 rings (SSSR count). The minimum absolute atomic E-state index is 0.113. The molecule has 0 saturated heterocycles. The normalized spacial score (nSPS) is 10.7. The van der Waals surface area contributed by atoms with Crippen molar-refractivity contribution in [3.05, 3.63) is 35.1 Å². The summed E-state index contributed by atoms with van der Waals surface area (Å²) in [6, 6.07) is 4.49. The van der Waals surface area contributed by atoms with Crippen molar-refractivity contribution < 1.29 is 9.13 Å². The van der Waals surface area contributed by atoms with Gasteiger partial charge in [-0.05, 0) is 37.6 Å². The van der Waals surface area contributed by atoms with Gasteiger partial charge in [0.15, 0.2) is 0 Å². The average Bonchev–Trinajstić information content (AvgIpc) is 2.13. The van der Waals surface area contributed by atoms with Gasteiger partial charge in [0.1, 0.15) is 10.8 Å². The van der Waals surface area contributed by atoms with E-state index in [1.165, 1.54) is 12.1 Å². The molecule has 82 valence electrons. The van der Waals surface area contributed by atoms with Crippen LogP contribution in [0.15, 0.2) is 18.2 Å². The van der Waals surface area contributed by atoms with E-state index in [1.807, 2.05) is 13.8 Å². The number of nitrogens with two attached hydrogens (primary N) is 1. The SMILES string of the molecule is CC(C)OCc1cc(F)cc(C(N)=S)c1. The van der Waals surface area contributed by atoms with E-state index in [9.17, 15) is 4.39 Å². The van der Waals surface area contributed by atoms with Crippen LogP contribution in [-0.2, 0) is 11.3 Å². The predicted octanol–water partition coefficient (Wildman–Crippen LogP) is 2.38. The third-order valence-corrected chi connectivity index (χ3v) is 2.06. The van der Waals surface area contributed by atoms with Crippen LogP contribution in [0.2, 0.25) is 0 Å². The van der Waals surface area contributed by atoms with Crippen LogP contribution in [0.25, 0.3) is 0 Å². The number of thiocarbonyl (C=S) groups is 1. The van der Waals surface area contributed by atoms with Crippen molar-refractivity contribution in [3.8, 4) is 0 Å². The van der Waals surface area contributed by atoms with Crippen molar-refractivity contribution >= 4 is 17.2 Å². The second kappa shape index (κ2) is 5.19. The van der Waals surface area contributed by atoms with E-state index in [0.29, 0.717) is 12.2 Å². The lowest BCUT2D eigenvalue weighted by Crippen LogP contribution is -2.11. The van der Waals surface area contributed by atoms with Crippen LogP contribution < -0.4 is 5.73 Å². The van der Waals surface area contributed by atoms with Crippen LogP contribution in [0.3, 0.4) is 0 Å². The zero-order valence-electron chi connectivity index (χ0n) is 8.79. The Kier molecular flexibility index (Phi) is 4.17. The molecule has 0 amide bonds. The number of benzene rings is 1. The molecule has 0 heterocycles. The first-order chi connectivity index (χ1) is 6.99. The molecule has 0 unspecified atom stereocenters. The number of hydrogen-bond donors (Lipinski definition) is 1. The largest absolute Gasteiger partial charge is 0.389 e. The summed E-state index contributed by atoms with van der Waals surface area (Å²) in [6.07, 6.45) is 0.113. The summed E-state index contributed by atoms with van der Waals surface area (Å²) in [6.45, 7) is 4.21. The van der Waals surface area contributed by atoms with Crippen molar-refractivity contribution in [2.45, 2.75) is 26.6 Å². The summed E-state index contributed by atoms with van der Waals surface area (Å²) in [4.78, 5) is 0.195. The smallest absolute Gasteiger partial charge is 0.124 e. The highest BCUT2D eigenvalue weighted by atomic mass is 32.1. The molecule has 2 nitrogen and oxygen atoms in total.